The van der Waals surface area contributed by atoms with Gasteiger partial charge in [-0.1, -0.05) is 17.7 Å². The number of carbonyl (C=O) groups excluding carboxylic acids is 4. The van der Waals surface area contributed by atoms with E-state index in [-0.39, 0.29) is 23.8 Å². The first-order valence-corrected chi connectivity index (χ1v) is 10.5. The first kappa shape index (κ1) is 24.2. The number of rotatable bonds is 8. The first-order chi connectivity index (χ1) is 16.2. The van der Waals surface area contributed by atoms with Crippen LogP contribution in [-0.4, -0.2) is 36.8 Å². The Morgan fingerprint density at radius 1 is 0.882 bits per heavy atom. The van der Waals surface area contributed by atoms with Gasteiger partial charge in [-0.15, -0.1) is 0 Å². The molecule has 0 bridgehead atoms. The molecular weight excluding hydrogens is 438 g/mol. The van der Waals surface area contributed by atoms with Gasteiger partial charge in [-0.05, 0) is 68.3 Å². The van der Waals surface area contributed by atoms with Crippen LogP contribution in [0.1, 0.15) is 37.6 Å². The predicted octanol–water partition coefficient (Wildman–Crippen LogP) is 3.37. The van der Waals surface area contributed by atoms with Crippen molar-refractivity contribution in [2.75, 3.05) is 23.8 Å². The minimum absolute atomic E-state index is 0.160. The zero-order valence-electron chi connectivity index (χ0n) is 19.1. The Bertz CT molecular complexity index is 1180. The maximum Gasteiger partial charge on any atom is 0.338 e. The number of nitrogens with one attached hydrogen (secondary N) is 3. The molecule has 0 saturated carbocycles. The van der Waals surface area contributed by atoms with Gasteiger partial charge in [0, 0.05) is 11.4 Å². The minimum atomic E-state index is -0.714. The van der Waals surface area contributed by atoms with Crippen molar-refractivity contribution >= 4 is 35.1 Å². The zero-order valence-corrected chi connectivity index (χ0v) is 19.1. The van der Waals surface area contributed by atoms with E-state index in [9.17, 15) is 19.2 Å². The Morgan fingerprint density at radius 3 is 2.18 bits per heavy atom. The third-order valence-electron chi connectivity index (χ3n) is 4.85. The van der Waals surface area contributed by atoms with Crippen molar-refractivity contribution in [1.29, 1.82) is 0 Å². The van der Waals surface area contributed by atoms with E-state index in [0.717, 1.165) is 16.7 Å². The second-order valence-corrected chi connectivity index (χ2v) is 7.68. The molecule has 0 fully saturated rings. The fourth-order valence-electron chi connectivity index (χ4n) is 3.30. The topological polar surface area (TPSA) is 127 Å². The third-order valence-corrected chi connectivity index (χ3v) is 4.85. The number of hydrogen-bond donors (Lipinski definition) is 3. The van der Waals surface area contributed by atoms with Crippen LogP contribution in [0.25, 0.3) is 0 Å². The van der Waals surface area contributed by atoms with Crippen LogP contribution in [0.5, 0.6) is 0 Å². The van der Waals surface area contributed by atoms with E-state index < -0.39 is 24.4 Å². The lowest BCUT2D eigenvalue weighted by atomic mass is 10.1. The molecule has 0 radical (unpaired) electrons. The van der Waals surface area contributed by atoms with Gasteiger partial charge in [0.1, 0.15) is 0 Å². The number of furan rings is 1. The number of benzene rings is 2. The summed E-state index contributed by atoms with van der Waals surface area (Å²) in [5.74, 6) is -1.97. The lowest BCUT2D eigenvalue weighted by Crippen LogP contribution is -2.35. The van der Waals surface area contributed by atoms with E-state index in [1.165, 1.54) is 36.6 Å². The summed E-state index contributed by atoms with van der Waals surface area (Å²) in [6.45, 7) is 4.97. The molecule has 0 saturated heterocycles. The van der Waals surface area contributed by atoms with Gasteiger partial charge in [0.2, 0.25) is 5.91 Å². The second kappa shape index (κ2) is 11.0. The largest absolute Gasteiger partial charge is 0.459 e. The zero-order chi connectivity index (χ0) is 24.7. The molecule has 34 heavy (non-hydrogen) atoms. The first-order valence-electron chi connectivity index (χ1n) is 10.5. The molecule has 0 aliphatic heterocycles. The molecule has 0 atom stereocenters. The number of anilines is 2. The normalized spacial score (nSPS) is 10.3. The molecule has 3 rings (SSSR count). The maximum absolute atomic E-state index is 12.2. The van der Waals surface area contributed by atoms with E-state index in [4.69, 9.17) is 9.15 Å². The van der Waals surface area contributed by atoms with E-state index >= 15 is 0 Å². The number of aryl methyl sites for hydroxylation is 3. The lowest BCUT2D eigenvalue weighted by molar-refractivity contribution is -0.126. The van der Waals surface area contributed by atoms with E-state index in [1.54, 1.807) is 6.07 Å². The molecule has 9 nitrogen and oxygen atoms in total. The van der Waals surface area contributed by atoms with Crippen LogP contribution < -0.4 is 16.0 Å². The average molecular weight is 463 g/mol. The van der Waals surface area contributed by atoms with Crippen molar-refractivity contribution < 1.29 is 28.3 Å². The van der Waals surface area contributed by atoms with Crippen LogP contribution in [0.2, 0.25) is 0 Å². The number of carbonyl (C=O) groups is 4. The Labute approximate surface area is 196 Å². The van der Waals surface area contributed by atoms with Crippen molar-refractivity contribution in [2.24, 2.45) is 0 Å². The Kier molecular flexibility index (Phi) is 7.81. The highest BCUT2D eigenvalue weighted by Gasteiger charge is 2.14. The number of esters is 1. The van der Waals surface area contributed by atoms with Gasteiger partial charge >= 0.3 is 5.97 Å². The molecule has 3 amide bonds. The highest BCUT2D eigenvalue weighted by molar-refractivity contribution is 6.02. The van der Waals surface area contributed by atoms with E-state index in [0.29, 0.717) is 11.4 Å². The Balaban J connectivity index is 1.42. The van der Waals surface area contributed by atoms with Crippen LogP contribution in [-0.2, 0) is 14.3 Å². The number of amides is 3. The summed E-state index contributed by atoms with van der Waals surface area (Å²) in [4.78, 5) is 48.3. The summed E-state index contributed by atoms with van der Waals surface area (Å²) >= 11 is 0. The van der Waals surface area contributed by atoms with Crippen molar-refractivity contribution in [3.63, 3.8) is 0 Å². The van der Waals surface area contributed by atoms with Crippen molar-refractivity contribution in [1.82, 2.24) is 5.32 Å². The molecule has 1 aromatic heterocycles. The van der Waals surface area contributed by atoms with Gasteiger partial charge < -0.3 is 25.1 Å². The Morgan fingerprint density at radius 2 is 1.56 bits per heavy atom. The molecule has 176 valence electrons. The van der Waals surface area contributed by atoms with E-state index in [2.05, 4.69) is 16.0 Å². The smallest absolute Gasteiger partial charge is 0.338 e. The molecule has 3 aromatic rings. The molecule has 1 heterocycles. The summed E-state index contributed by atoms with van der Waals surface area (Å²) in [5, 5.41) is 7.83. The lowest BCUT2D eigenvalue weighted by Gasteiger charge is -2.13. The molecule has 0 aliphatic carbocycles. The predicted molar refractivity (Wildman–Crippen MR) is 126 cm³/mol. The summed E-state index contributed by atoms with van der Waals surface area (Å²) in [6, 6.07) is 13.0. The van der Waals surface area contributed by atoms with Gasteiger partial charge in [-0.2, -0.15) is 0 Å². The minimum Gasteiger partial charge on any atom is -0.459 e. The third kappa shape index (κ3) is 6.55. The summed E-state index contributed by atoms with van der Waals surface area (Å²) in [5.41, 5.74) is 4.32. The van der Waals surface area contributed by atoms with Crippen LogP contribution in [0.4, 0.5) is 11.4 Å². The fourth-order valence-corrected chi connectivity index (χ4v) is 3.30. The quantitative estimate of drug-likeness (QED) is 0.440. The number of ether oxygens (including phenoxy) is 1. The van der Waals surface area contributed by atoms with Gasteiger partial charge in [0.25, 0.3) is 11.8 Å². The highest BCUT2D eigenvalue weighted by Crippen LogP contribution is 2.21. The van der Waals surface area contributed by atoms with Crippen molar-refractivity contribution in [2.45, 2.75) is 20.8 Å². The van der Waals surface area contributed by atoms with Gasteiger partial charge in [-0.25, -0.2) is 4.79 Å². The molecule has 9 heteroatoms. The molecule has 0 spiro atoms. The maximum atomic E-state index is 12.2. The van der Waals surface area contributed by atoms with Crippen LogP contribution in [0.3, 0.4) is 0 Å². The molecule has 2 aromatic carbocycles. The molecule has 0 unspecified atom stereocenters. The van der Waals surface area contributed by atoms with Gasteiger partial charge in [0.05, 0.1) is 18.4 Å². The second-order valence-electron chi connectivity index (χ2n) is 7.68. The van der Waals surface area contributed by atoms with Crippen molar-refractivity contribution in [3.8, 4) is 0 Å². The van der Waals surface area contributed by atoms with E-state index in [1.807, 2.05) is 32.9 Å². The molecular formula is C25H25N3O6. The number of hydrogen-bond acceptors (Lipinski definition) is 6. The fraction of sp³-hybridized carbons (Fsp3) is 0.200. The summed E-state index contributed by atoms with van der Waals surface area (Å²) < 4.78 is 10.0. The van der Waals surface area contributed by atoms with Crippen LogP contribution in [0.15, 0.2) is 59.2 Å². The van der Waals surface area contributed by atoms with Crippen LogP contribution >= 0.6 is 0 Å². The van der Waals surface area contributed by atoms with Gasteiger partial charge in [-0.3, -0.25) is 14.4 Å². The standard InChI is InChI=1S/C25H25N3O6/c1-15-11-16(2)23(17(3)12-15)28-21(29)13-26-22(30)14-34-25(32)18-6-8-19(9-7-18)27-24(31)20-5-4-10-33-20/h4-12H,13-14H2,1-3H3,(H,26,30)(H,27,31)(H,28,29). The monoisotopic (exact) mass is 463 g/mol. The molecule has 3 N–H and O–H groups in total. The van der Waals surface area contributed by atoms with Crippen molar-refractivity contribution in [3.05, 3.63) is 82.8 Å². The molecule has 0 aliphatic rings. The van der Waals surface area contributed by atoms with Crippen LogP contribution in [0, 0.1) is 20.8 Å². The summed E-state index contributed by atoms with van der Waals surface area (Å²) in [7, 11) is 0. The average Bonchev–Trinajstić information content (AvgIpc) is 3.34. The Hall–Kier alpha value is -4.40. The SMILES string of the molecule is Cc1cc(C)c(NC(=O)CNC(=O)COC(=O)c2ccc(NC(=O)c3ccco3)cc2)c(C)c1. The summed E-state index contributed by atoms with van der Waals surface area (Å²) in [6.07, 6.45) is 1.39. The highest BCUT2D eigenvalue weighted by atomic mass is 16.5. The van der Waals surface area contributed by atoms with Gasteiger partial charge in [0.15, 0.2) is 12.4 Å².